The van der Waals surface area contributed by atoms with Crippen LogP contribution in [0.25, 0.3) is 23.1 Å². The first-order valence-electron chi connectivity index (χ1n) is 24.3. The third kappa shape index (κ3) is 3.45. The topological polar surface area (TPSA) is 161 Å². The fraction of sp³-hybridized carbons (Fsp3) is 0.577. The molecule has 10 fully saturated rings. The highest BCUT2D eigenvalue weighted by Crippen LogP contribution is 2.81. The summed E-state index contributed by atoms with van der Waals surface area (Å²) in [6.45, 7) is 17.2. The molecule has 342 valence electrons. The smallest absolute Gasteiger partial charge is 0.251 e. The predicted molar refractivity (Wildman–Crippen MR) is 240 cm³/mol. The van der Waals surface area contributed by atoms with Crippen LogP contribution in [0.5, 0.6) is 11.5 Å². The Kier molecular flexibility index (Phi) is 6.18. The number of nitrogens with one attached hydrogen (secondary N) is 2. The Morgan fingerprint density at radius 2 is 1.39 bits per heavy atom. The van der Waals surface area contributed by atoms with E-state index in [0.717, 1.165) is 0 Å². The van der Waals surface area contributed by atoms with Crippen molar-refractivity contribution in [2.75, 3.05) is 13.1 Å². The number of aromatic nitrogens is 1. The number of hydroxylamine groups is 1. The molecule has 13 heterocycles. The second-order valence-corrected chi connectivity index (χ2v) is 24.6. The first kappa shape index (κ1) is 38.7. The van der Waals surface area contributed by atoms with Crippen LogP contribution in [-0.4, -0.2) is 107 Å². The number of amides is 4. The van der Waals surface area contributed by atoms with Gasteiger partial charge < -0.3 is 45.0 Å². The van der Waals surface area contributed by atoms with Crippen LogP contribution < -0.4 is 19.9 Å². The SMILES string of the molecule is CC1(C)C=Cc2c(ccc3c2[NH+]([O-])C2C(C)(C)[C@@H]4C[C@@]56CCCN5C(=O)[C@@]4(NC6=O)[C@H]4N5C(=O)[C@@]67CCCN6C(=O)[C@@]56[C@H](c5c(n(O)c8c9c(ccc58)OC(C)(C)C=C9)C(C)(C)[C@@H]6C7)[C@@]324)O1. The Bertz CT molecular complexity index is 3060. The Hall–Kier alpha value is -5.34. The maximum absolute atomic E-state index is 16.8. The Labute approximate surface area is 382 Å². The van der Waals surface area contributed by atoms with Crippen LogP contribution in [0.2, 0.25) is 0 Å². The molecule has 11 atom stereocenters. The molecule has 66 heavy (non-hydrogen) atoms. The van der Waals surface area contributed by atoms with Gasteiger partial charge in [-0.3, -0.25) is 19.2 Å². The van der Waals surface area contributed by atoms with Crippen molar-refractivity contribution in [1.29, 1.82) is 0 Å². The highest BCUT2D eigenvalue weighted by atomic mass is 16.5. The van der Waals surface area contributed by atoms with Gasteiger partial charge in [-0.25, -0.2) is 0 Å². The van der Waals surface area contributed by atoms with Crippen LogP contribution in [-0.2, 0) is 30.0 Å². The fourth-order valence-electron chi connectivity index (χ4n) is 18.5. The van der Waals surface area contributed by atoms with Crippen LogP contribution in [0, 0.1) is 22.5 Å². The summed E-state index contributed by atoms with van der Waals surface area (Å²) in [4.78, 5) is 70.6. The molecule has 3 aromatic rings. The van der Waals surface area contributed by atoms with Gasteiger partial charge in [0.2, 0.25) is 17.7 Å². The zero-order chi connectivity index (χ0) is 45.8. The summed E-state index contributed by atoms with van der Waals surface area (Å²) in [5.74, 6) is -1.65. The van der Waals surface area contributed by atoms with Crippen molar-refractivity contribution in [2.45, 2.75) is 156 Å². The summed E-state index contributed by atoms with van der Waals surface area (Å²) in [6, 6.07) is 5.83. The summed E-state index contributed by atoms with van der Waals surface area (Å²) >= 11 is 0. The van der Waals surface area contributed by atoms with Crippen LogP contribution >= 0.6 is 0 Å². The number of fused-ring (bicyclic) bond motifs is 10. The van der Waals surface area contributed by atoms with Gasteiger partial charge in [-0.05, 0) is 120 Å². The van der Waals surface area contributed by atoms with E-state index in [9.17, 15) is 5.21 Å². The molecule has 2 unspecified atom stereocenters. The number of carbonyl (C=O) groups is 4. The Morgan fingerprint density at radius 3 is 2.11 bits per heavy atom. The summed E-state index contributed by atoms with van der Waals surface area (Å²) < 4.78 is 14.5. The number of ether oxygens (including phenoxy) is 2. The minimum Gasteiger partial charge on any atom is -0.629 e. The highest BCUT2D eigenvalue weighted by molar-refractivity contribution is 6.12. The van der Waals surface area contributed by atoms with Crippen LogP contribution in [0.1, 0.15) is 128 Å². The van der Waals surface area contributed by atoms with Crippen molar-refractivity contribution in [3.05, 3.63) is 69.6 Å². The van der Waals surface area contributed by atoms with Gasteiger partial charge in [-0.15, -0.1) is 0 Å². The molecule has 4 bridgehead atoms. The average Bonchev–Trinajstić information content (AvgIpc) is 4.05. The van der Waals surface area contributed by atoms with Crippen molar-refractivity contribution in [3.8, 4) is 11.5 Å². The van der Waals surface area contributed by atoms with Gasteiger partial charge in [0.25, 0.3) is 5.91 Å². The van der Waals surface area contributed by atoms with Gasteiger partial charge in [0.15, 0.2) is 0 Å². The molecule has 2 aliphatic carbocycles. The largest absolute Gasteiger partial charge is 0.629 e. The van der Waals surface area contributed by atoms with Gasteiger partial charge in [0.05, 0.1) is 28.2 Å². The van der Waals surface area contributed by atoms with Crippen molar-refractivity contribution in [3.63, 3.8) is 0 Å². The molecular weight excluding hydrogens is 837 g/mol. The minimum absolute atomic E-state index is 0.100. The number of quaternary nitrogens is 1. The zero-order valence-electron chi connectivity index (χ0n) is 38.8. The number of piperidine rings is 4. The number of carbonyl (C=O) groups excluding carboxylic acids is 4. The van der Waals surface area contributed by atoms with E-state index in [1.54, 1.807) is 0 Å². The van der Waals surface area contributed by atoms with E-state index in [2.05, 4.69) is 33.0 Å². The molecule has 12 aliphatic heterocycles. The standard InChI is InChI=1S/C52H56N6O8/c1-44(2)19-15-25-29(65-44)13-11-27-33-36-50-28-12-14-30-26(16-20-45(3,4)66-30)35(28)58(64)38(50)47(7,8)31-23-48-17-9-21-54(48)42(61)51(31,53-40(48)59)39(50)56-41(60)49-18-10-22-55(49)43(62)52(36,56)32(24-49)46(5,6)37(33)57(63)34(25)27/h11-16,19-20,31-32,36,38-39,58,63H,9-10,17-18,21-24H2,1-8H3,(H,53,59)/t31-,32-,36+,38?,39-,48+,49-,50-,51-,52+/m0/s1. The van der Waals surface area contributed by atoms with Crippen molar-refractivity contribution in [2.24, 2.45) is 17.3 Å². The lowest BCUT2D eigenvalue weighted by molar-refractivity contribution is -0.818. The summed E-state index contributed by atoms with van der Waals surface area (Å²) in [5, 5.41) is 33.9. The Balaban J connectivity index is 1.16. The molecule has 1 aromatic heterocycles. The van der Waals surface area contributed by atoms with Crippen molar-refractivity contribution < 1.29 is 38.9 Å². The monoisotopic (exact) mass is 892 g/mol. The van der Waals surface area contributed by atoms with Crippen LogP contribution in [0.3, 0.4) is 0 Å². The summed E-state index contributed by atoms with van der Waals surface area (Å²) in [6.07, 6.45) is 11.0. The minimum atomic E-state index is -1.69. The highest BCUT2D eigenvalue weighted by Gasteiger charge is 2.95. The second kappa shape index (κ2) is 10.5. The molecule has 1 saturated carbocycles. The molecule has 0 radical (unpaired) electrons. The third-order valence-electron chi connectivity index (χ3n) is 20.4. The first-order valence-corrected chi connectivity index (χ1v) is 24.3. The lowest BCUT2D eigenvalue weighted by Crippen LogP contribution is -3.11. The van der Waals surface area contributed by atoms with Crippen molar-refractivity contribution in [1.82, 2.24) is 24.7 Å². The molecule has 14 heteroatoms. The lowest BCUT2D eigenvalue weighted by atomic mass is 9.38. The van der Waals surface area contributed by atoms with Gasteiger partial charge in [0, 0.05) is 58.2 Å². The van der Waals surface area contributed by atoms with E-state index in [-0.39, 0.29) is 28.7 Å². The number of nitrogens with zero attached hydrogens (tertiary/aromatic N) is 4. The molecule has 5 spiro atoms. The first-order chi connectivity index (χ1) is 31.1. The van der Waals surface area contributed by atoms with Gasteiger partial charge in [-0.1, -0.05) is 27.7 Å². The van der Waals surface area contributed by atoms with E-state index in [4.69, 9.17) is 9.47 Å². The van der Waals surface area contributed by atoms with E-state index in [1.807, 2.05) is 91.0 Å². The summed E-state index contributed by atoms with van der Waals surface area (Å²) in [7, 11) is 0. The molecular formula is C52H56N6O8. The molecule has 14 nitrogen and oxygen atoms in total. The quantitative estimate of drug-likeness (QED) is 0.218. The van der Waals surface area contributed by atoms with Crippen LogP contribution in [0.15, 0.2) is 36.4 Å². The maximum atomic E-state index is 16.8. The molecule has 3 N–H and O–H groups in total. The number of rotatable bonds is 0. The van der Waals surface area contributed by atoms with Gasteiger partial charge >= 0.3 is 0 Å². The van der Waals surface area contributed by atoms with E-state index in [0.29, 0.717) is 108 Å². The number of piperazine rings is 2. The molecule has 17 rings (SSSR count). The predicted octanol–water partition coefficient (Wildman–Crippen LogP) is 4.59. The van der Waals surface area contributed by atoms with Crippen LogP contribution in [0.4, 0.5) is 5.69 Å². The number of hydrogen-bond donors (Lipinski definition) is 3. The maximum Gasteiger partial charge on any atom is 0.251 e. The summed E-state index contributed by atoms with van der Waals surface area (Å²) in [5.41, 5.74) is -5.83. The van der Waals surface area contributed by atoms with E-state index < -0.39 is 79.4 Å². The molecule has 4 amide bonds. The Morgan fingerprint density at radius 1 is 0.773 bits per heavy atom. The van der Waals surface area contributed by atoms with Crippen molar-refractivity contribution >= 4 is 52.4 Å². The second-order valence-electron chi connectivity index (χ2n) is 24.6. The number of hydrogen-bond acceptors (Lipinski definition) is 8. The third-order valence-corrected chi connectivity index (χ3v) is 20.4. The van der Waals surface area contributed by atoms with Gasteiger partial charge in [0.1, 0.15) is 56.6 Å². The van der Waals surface area contributed by atoms with E-state index >= 15 is 24.4 Å². The van der Waals surface area contributed by atoms with E-state index in [1.165, 1.54) is 4.73 Å². The normalized spacial score (nSPS) is 42.7. The average molecular weight is 893 g/mol. The van der Waals surface area contributed by atoms with Gasteiger partial charge in [-0.2, -0.15) is 4.73 Å². The zero-order valence-corrected chi connectivity index (χ0v) is 38.8. The number of benzene rings is 2. The molecule has 2 aromatic carbocycles. The fourth-order valence-corrected chi connectivity index (χ4v) is 18.5. The molecule has 14 aliphatic rings. The lowest BCUT2D eigenvalue weighted by Gasteiger charge is -2.71. The molecule has 9 saturated heterocycles.